The van der Waals surface area contributed by atoms with Crippen molar-refractivity contribution in [3.8, 4) is 11.4 Å². The minimum absolute atomic E-state index is 0. The van der Waals surface area contributed by atoms with Gasteiger partial charge in [0.1, 0.15) is 0 Å². The molecule has 0 aliphatic heterocycles. The Morgan fingerprint density at radius 3 is 1.56 bits per heavy atom. The summed E-state index contributed by atoms with van der Waals surface area (Å²) in [6, 6.07) is 22.7. The third-order valence-corrected chi connectivity index (χ3v) is 5.19. The smallest absolute Gasteiger partial charge is 0.0886 e. The molecule has 0 saturated heterocycles. The van der Waals surface area contributed by atoms with Gasteiger partial charge in [0.2, 0.25) is 0 Å². The van der Waals surface area contributed by atoms with Crippen molar-refractivity contribution in [3.63, 3.8) is 0 Å². The van der Waals surface area contributed by atoms with Gasteiger partial charge in [-0.3, -0.25) is 19.7 Å². The van der Waals surface area contributed by atoms with Crippen LogP contribution < -0.4 is 5.32 Å². The summed E-state index contributed by atoms with van der Waals surface area (Å²) in [7, 11) is -6.09. The van der Waals surface area contributed by atoms with Gasteiger partial charge < -0.3 is 9.87 Å². The summed E-state index contributed by atoms with van der Waals surface area (Å²) in [6.45, 7) is 13.5. The van der Waals surface area contributed by atoms with E-state index in [1.807, 2.05) is 60.7 Å². The molecule has 43 heavy (non-hydrogen) atoms. The van der Waals surface area contributed by atoms with E-state index in [1.54, 1.807) is 36.9 Å². The van der Waals surface area contributed by atoms with Gasteiger partial charge in [0.05, 0.1) is 17.0 Å². The van der Waals surface area contributed by atoms with Gasteiger partial charge >= 0.3 is 39.4 Å². The number of pyridine rings is 3. The van der Waals surface area contributed by atoms with E-state index >= 15 is 0 Å². The van der Waals surface area contributed by atoms with Crippen LogP contribution in [0.5, 0.6) is 0 Å². The van der Waals surface area contributed by atoms with E-state index in [1.165, 1.54) is 0 Å². The Morgan fingerprint density at radius 2 is 1.23 bits per heavy atom. The molecule has 4 aromatic rings. The molecule has 3 aromatic heterocycles. The largest absolute Gasteiger partial charge is 0.255 e. The summed E-state index contributed by atoms with van der Waals surface area (Å²) in [5, 5.41) is 2.80. The van der Waals surface area contributed by atoms with Crippen LogP contribution in [-0.2, 0) is 44.5 Å². The van der Waals surface area contributed by atoms with Gasteiger partial charge in [0, 0.05) is 54.5 Å². The van der Waals surface area contributed by atoms with Gasteiger partial charge in [-0.05, 0) is 83.3 Å². The number of benzene rings is 1. The van der Waals surface area contributed by atoms with Crippen molar-refractivity contribution in [2.75, 3.05) is 5.32 Å². The number of amides is 1. The van der Waals surface area contributed by atoms with Crippen LogP contribution in [0.4, 0.5) is 18.9 Å². The van der Waals surface area contributed by atoms with E-state index in [0.29, 0.717) is 5.56 Å². The molecular formula is C26H17F3IN4O7ReS-. The third-order valence-electron chi connectivity index (χ3n) is 3.90. The van der Waals surface area contributed by atoms with Crippen LogP contribution in [0.3, 0.4) is 0 Å². The van der Waals surface area contributed by atoms with Crippen molar-refractivity contribution >= 4 is 44.3 Å². The molecule has 0 aliphatic carbocycles. The number of hydrogen-bond acceptors (Lipinski definition) is 7. The number of hydrogen-bond donors (Lipinski definition) is 1. The fourth-order valence-corrected chi connectivity index (χ4v) is 2.62. The van der Waals surface area contributed by atoms with Crippen LogP contribution in [-0.4, -0.2) is 39.3 Å². The number of alkyl halides is 3. The molecule has 0 aliphatic rings. The number of carbonyl (C=O) groups excluding carboxylic acids is 1. The average Bonchev–Trinajstić information content (AvgIpc) is 3.02. The second-order valence-corrected chi connectivity index (χ2v) is 9.15. The van der Waals surface area contributed by atoms with Gasteiger partial charge in [0.15, 0.2) is 10.1 Å². The van der Waals surface area contributed by atoms with E-state index in [4.69, 9.17) is 26.9 Å². The number of nitrogens with one attached hydrogen (secondary N) is 1. The number of nitrogens with zero attached hydrogens (tertiary/aromatic N) is 3. The van der Waals surface area contributed by atoms with Crippen LogP contribution in [0.15, 0.2) is 97.6 Å². The number of halogens is 4. The van der Waals surface area contributed by atoms with Gasteiger partial charge in [-0.25, -0.2) is 8.42 Å². The van der Waals surface area contributed by atoms with E-state index in [2.05, 4.69) is 62.8 Å². The number of aromatic nitrogens is 3. The zero-order chi connectivity index (χ0) is 32.6. The number of rotatable bonds is 3. The maximum Gasteiger partial charge on any atom is 0.0886 e. The molecule has 3 heterocycles. The van der Waals surface area contributed by atoms with Crippen molar-refractivity contribution < 1.29 is 65.3 Å². The van der Waals surface area contributed by atoms with Crippen LogP contribution >= 0.6 is 22.6 Å². The molecule has 1 radical (unpaired) electrons. The first kappa shape index (κ1) is 43.9. The van der Waals surface area contributed by atoms with E-state index in [9.17, 15) is 18.0 Å². The SMILES string of the molecule is O=C(Nc1ccc(I)cc1)c1cccnc1.O=S(=O)([O-])C(F)(F)F.[C-]#[O+].[C-]#[O+].[C-]#[O+].[Re].c1ccc(-c2ccccn2)nc1. The zero-order valence-electron chi connectivity index (χ0n) is 21.2. The second-order valence-electron chi connectivity index (χ2n) is 6.53. The monoisotopic (exact) mass is 900 g/mol. The van der Waals surface area contributed by atoms with E-state index < -0.39 is 15.6 Å². The molecular weight excluding hydrogens is 882 g/mol. The molecule has 225 valence electrons. The Hall–Kier alpha value is -3.55. The molecule has 17 heteroatoms. The summed E-state index contributed by atoms with van der Waals surface area (Å²) in [5.74, 6) is -0.144. The Morgan fingerprint density at radius 1 is 0.791 bits per heavy atom. The maximum atomic E-state index is 11.7. The molecule has 0 fully saturated rings. The third kappa shape index (κ3) is 19.3. The van der Waals surface area contributed by atoms with Crippen LogP contribution in [0.2, 0.25) is 0 Å². The van der Waals surface area contributed by atoms with Crippen molar-refractivity contribution in [2.45, 2.75) is 5.51 Å². The molecule has 1 aromatic carbocycles. The van der Waals surface area contributed by atoms with E-state index in [-0.39, 0.29) is 26.3 Å². The van der Waals surface area contributed by atoms with Crippen molar-refractivity contribution in [1.82, 2.24) is 15.0 Å². The molecule has 0 saturated carbocycles. The predicted molar refractivity (Wildman–Crippen MR) is 146 cm³/mol. The molecule has 1 amide bonds. The van der Waals surface area contributed by atoms with Crippen molar-refractivity contribution in [3.05, 3.63) is 127 Å². The summed E-state index contributed by atoms with van der Waals surface area (Å²) in [5.41, 5.74) is -2.47. The maximum absolute atomic E-state index is 11.7. The summed E-state index contributed by atoms with van der Waals surface area (Å²) in [6.07, 6.45) is 6.72. The molecule has 1 N–H and O–H groups in total. The Bertz CT molecular complexity index is 1430. The molecule has 11 nitrogen and oxygen atoms in total. The van der Waals surface area contributed by atoms with Crippen LogP contribution in [0, 0.1) is 23.5 Å². The van der Waals surface area contributed by atoms with Crippen molar-refractivity contribution in [1.29, 1.82) is 0 Å². The van der Waals surface area contributed by atoms with Crippen LogP contribution in [0.1, 0.15) is 10.4 Å². The molecule has 0 spiro atoms. The van der Waals surface area contributed by atoms with Gasteiger partial charge in [-0.15, -0.1) is 0 Å². The zero-order valence-corrected chi connectivity index (χ0v) is 26.9. The summed E-state index contributed by atoms with van der Waals surface area (Å²) >= 11 is 2.22. The Balaban J connectivity index is -0.000000529. The molecule has 0 atom stereocenters. The van der Waals surface area contributed by atoms with Crippen LogP contribution in [0.25, 0.3) is 11.4 Å². The topological polar surface area (TPSA) is 185 Å². The van der Waals surface area contributed by atoms with Gasteiger partial charge in [-0.1, -0.05) is 12.1 Å². The first-order valence-electron chi connectivity index (χ1n) is 10.4. The molecule has 4 rings (SSSR count). The first-order chi connectivity index (χ1) is 20.0. The second kappa shape index (κ2) is 25.0. The van der Waals surface area contributed by atoms with Gasteiger partial charge in [0.25, 0.3) is 5.91 Å². The minimum atomic E-state index is -6.09. The number of carbonyl (C=O) groups is 1. The summed E-state index contributed by atoms with van der Waals surface area (Å²) in [4.78, 5) is 24.0. The Kier molecular flexibility index (Phi) is 25.5. The fraction of sp³-hybridized carbons (Fsp3) is 0.0385. The average molecular weight is 900 g/mol. The quantitative estimate of drug-likeness (QED) is 0.0985. The predicted octanol–water partition coefficient (Wildman–Crippen LogP) is 5.02. The number of anilines is 1. The Labute approximate surface area is 272 Å². The summed E-state index contributed by atoms with van der Waals surface area (Å²) < 4.78 is 82.5. The minimum Gasteiger partial charge on any atom is -0.255 e. The standard InChI is InChI=1S/C12H9IN2O.C10H8N2.CHF3O3S.3CO.Re/c13-10-3-5-11(6-4-10)15-12(16)9-2-1-7-14-8-9;1-3-7-11-9(5-1)10-6-2-4-8-12-10;2-1(3,4)8(5,6)7;3*1-2;/h1-8H,(H,15,16);1-8H;(H,5,6,7);;;;/p-1. The van der Waals surface area contributed by atoms with Gasteiger partial charge in [-0.2, -0.15) is 13.2 Å². The fourth-order valence-electron chi connectivity index (χ4n) is 2.26. The van der Waals surface area contributed by atoms with Crippen molar-refractivity contribution in [2.24, 2.45) is 0 Å². The van der Waals surface area contributed by atoms with E-state index in [0.717, 1.165) is 20.6 Å². The molecule has 0 bridgehead atoms. The molecule has 0 unspecified atom stereocenters. The normalized spacial score (nSPS) is 9.09. The first-order valence-corrected chi connectivity index (χ1v) is 12.9.